The molecule has 0 fully saturated rings. The lowest BCUT2D eigenvalue weighted by molar-refractivity contribution is -0.870. The summed E-state index contributed by atoms with van der Waals surface area (Å²) in [6.07, 6.45) is 122. The van der Waals surface area contributed by atoms with Crippen LogP contribution in [-0.2, 0) is 32.7 Å². The Hall–Kier alpha value is -3.07. The Morgan fingerprint density at radius 3 is 0.802 bits per heavy atom. The Morgan fingerprint density at radius 2 is 0.538 bits per heavy atom. The molecule has 0 aromatic rings. The van der Waals surface area contributed by atoms with Crippen LogP contribution in [0.5, 0.6) is 0 Å². The first-order chi connectivity index (χ1) is 52.0. The standard InChI is InChI=1S/C96H176NO8P/c1-6-8-10-12-14-16-18-20-22-24-26-28-30-32-34-36-38-40-42-44-46-48-50-52-54-56-58-60-62-64-66-68-70-72-74-76-78-80-82-84-86-88-95(98)102-92-94(93-104-106(100,101)103-91-90-97(3,4)5)105-96(99)89-87-85-83-81-79-77-75-73-71-69-67-65-63-61-59-57-55-53-51-49-47-45-43-41-39-37-35-33-31-29-27-25-23-21-19-17-15-13-11-9-7-2/h9,11,15,17-18,20-21,23-24,26-27,29-30,32-33,35,94H,6-8,10,12-14,16,19,22,25,28,31,34,36-93H2,1-5H3/p+1/b11-9-,17-15-,20-18-,23-21-,26-24-,29-27-,32-30-,35-33-. The third-order valence-electron chi connectivity index (χ3n) is 20.6. The zero-order valence-electron chi connectivity index (χ0n) is 70.9. The van der Waals surface area contributed by atoms with E-state index in [2.05, 4.69) is 111 Å². The maximum absolute atomic E-state index is 13.0. The minimum atomic E-state index is -4.40. The quantitative estimate of drug-likeness (QED) is 0.0211. The number of carbonyl (C=O) groups is 2. The van der Waals surface area contributed by atoms with Gasteiger partial charge in [-0.1, -0.05) is 439 Å². The molecule has 0 heterocycles. The van der Waals surface area contributed by atoms with Gasteiger partial charge in [-0.25, -0.2) is 4.57 Å². The van der Waals surface area contributed by atoms with E-state index in [4.69, 9.17) is 18.5 Å². The molecule has 10 heteroatoms. The third kappa shape index (κ3) is 89.8. The number of rotatable bonds is 86. The minimum absolute atomic E-state index is 0.0334. The second kappa shape index (κ2) is 85.9. The highest BCUT2D eigenvalue weighted by Gasteiger charge is 2.27. The van der Waals surface area contributed by atoms with Gasteiger partial charge in [0, 0.05) is 12.8 Å². The Kier molecular flexibility index (Phi) is 83.4. The summed E-state index contributed by atoms with van der Waals surface area (Å²) >= 11 is 0. The summed E-state index contributed by atoms with van der Waals surface area (Å²) in [5, 5.41) is 0. The van der Waals surface area contributed by atoms with Crippen LogP contribution in [0.4, 0.5) is 0 Å². The van der Waals surface area contributed by atoms with Crippen molar-refractivity contribution in [2.45, 2.75) is 457 Å². The highest BCUT2D eigenvalue weighted by atomic mass is 31.2. The number of carbonyl (C=O) groups excluding carboxylic acids is 2. The van der Waals surface area contributed by atoms with Crippen molar-refractivity contribution in [3.05, 3.63) is 97.2 Å². The Morgan fingerprint density at radius 1 is 0.302 bits per heavy atom. The van der Waals surface area contributed by atoms with Gasteiger partial charge in [-0.15, -0.1) is 0 Å². The number of nitrogens with zero attached hydrogens (tertiary/aromatic N) is 1. The van der Waals surface area contributed by atoms with Crippen molar-refractivity contribution < 1.29 is 42.1 Å². The number of allylic oxidation sites excluding steroid dienone is 16. The van der Waals surface area contributed by atoms with Crippen LogP contribution < -0.4 is 0 Å². The van der Waals surface area contributed by atoms with E-state index in [0.717, 1.165) is 77.0 Å². The number of unbranched alkanes of at least 4 members (excludes halogenated alkanes) is 56. The molecule has 0 aliphatic heterocycles. The van der Waals surface area contributed by atoms with Gasteiger partial charge in [0.15, 0.2) is 6.10 Å². The summed E-state index contributed by atoms with van der Waals surface area (Å²) in [6.45, 7) is 4.38. The molecule has 9 nitrogen and oxygen atoms in total. The van der Waals surface area contributed by atoms with Gasteiger partial charge >= 0.3 is 19.8 Å². The summed E-state index contributed by atoms with van der Waals surface area (Å²) in [5.41, 5.74) is 0. The summed E-state index contributed by atoms with van der Waals surface area (Å²) < 4.78 is 34.9. The Balaban J connectivity index is 3.84. The number of hydrogen-bond donors (Lipinski definition) is 1. The van der Waals surface area contributed by atoms with Crippen molar-refractivity contribution >= 4 is 19.8 Å². The van der Waals surface area contributed by atoms with Gasteiger partial charge in [0.1, 0.15) is 19.8 Å². The lowest BCUT2D eigenvalue weighted by Crippen LogP contribution is -2.37. The number of ether oxygens (including phenoxy) is 2. The second-order valence-electron chi connectivity index (χ2n) is 32.3. The summed E-state index contributed by atoms with van der Waals surface area (Å²) in [7, 11) is 1.50. The molecule has 0 rings (SSSR count). The summed E-state index contributed by atoms with van der Waals surface area (Å²) in [6, 6.07) is 0. The van der Waals surface area contributed by atoms with Gasteiger partial charge in [-0.3, -0.25) is 18.6 Å². The molecule has 0 aromatic carbocycles. The maximum atomic E-state index is 13.0. The molecular weight excluding hydrogens is 1330 g/mol. The molecule has 0 saturated heterocycles. The SMILES string of the molecule is CC/C=C\C/C=C\C/C=C\C/C=C\C/C=C\CCCCCCCCCCCCCCCCCCCCCCCCCCCC(=O)OC(COC(=O)CCCCCCCCCCCCCCCCCCCCCCCCCCCC/C=C\C/C=C\C/C=C\CCCCCCC)COP(=O)(O)OCC[N+](C)(C)C. The highest BCUT2D eigenvalue weighted by molar-refractivity contribution is 7.47. The maximum Gasteiger partial charge on any atom is 0.472 e. The van der Waals surface area contributed by atoms with Crippen LogP contribution in [0.2, 0.25) is 0 Å². The first-order valence-corrected chi connectivity index (χ1v) is 47.5. The van der Waals surface area contributed by atoms with E-state index in [0.29, 0.717) is 23.9 Å². The molecule has 618 valence electrons. The van der Waals surface area contributed by atoms with Gasteiger partial charge in [-0.2, -0.15) is 0 Å². The first kappa shape index (κ1) is 103. The molecule has 2 unspecified atom stereocenters. The van der Waals surface area contributed by atoms with Crippen LogP contribution in [-0.4, -0.2) is 74.9 Å². The van der Waals surface area contributed by atoms with Gasteiger partial charge in [0.25, 0.3) is 0 Å². The molecule has 0 aromatic heterocycles. The Bertz CT molecular complexity index is 2120. The Labute approximate surface area is 659 Å². The van der Waals surface area contributed by atoms with Crippen molar-refractivity contribution in [3.8, 4) is 0 Å². The first-order valence-electron chi connectivity index (χ1n) is 46.0. The highest BCUT2D eigenvalue weighted by Crippen LogP contribution is 2.43. The molecule has 106 heavy (non-hydrogen) atoms. The van der Waals surface area contributed by atoms with Crippen LogP contribution in [0, 0.1) is 0 Å². The topological polar surface area (TPSA) is 108 Å². The van der Waals surface area contributed by atoms with E-state index in [1.807, 2.05) is 21.1 Å². The molecule has 2 atom stereocenters. The van der Waals surface area contributed by atoms with E-state index < -0.39 is 26.5 Å². The van der Waals surface area contributed by atoms with Crippen LogP contribution in [0.1, 0.15) is 450 Å². The number of esters is 2. The molecular formula is C96H177NO8P+. The number of likely N-dealkylation sites (N-methyl/N-ethyl adjacent to an activating group) is 1. The average molecular weight is 1500 g/mol. The van der Waals surface area contributed by atoms with Gasteiger partial charge in [0.2, 0.25) is 0 Å². The lowest BCUT2D eigenvalue weighted by Gasteiger charge is -2.24. The predicted molar refractivity (Wildman–Crippen MR) is 464 cm³/mol. The normalized spacial score (nSPS) is 13.4. The van der Waals surface area contributed by atoms with E-state index >= 15 is 0 Å². The zero-order chi connectivity index (χ0) is 76.8. The predicted octanol–water partition coefficient (Wildman–Crippen LogP) is 31.3. The summed E-state index contributed by atoms with van der Waals surface area (Å²) in [5.74, 6) is -0.772. The molecule has 0 aliphatic carbocycles. The van der Waals surface area contributed by atoms with Gasteiger partial charge < -0.3 is 18.9 Å². The molecule has 0 saturated carbocycles. The van der Waals surface area contributed by atoms with E-state index in [1.165, 1.54) is 340 Å². The molecule has 0 bridgehead atoms. The van der Waals surface area contributed by atoms with Crippen molar-refractivity contribution in [3.63, 3.8) is 0 Å². The van der Waals surface area contributed by atoms with E-state index in [9.17, 15) is 19.0 Å². The van der Waals surface area contributed by atoms with Crippen LogP contribution >= 0.6 is 7.82 Å². The number of hydrogen-bond acceptors (Lipinski definition) is 7. The fourth-order valence-electron chi connectivity index (χ4n) is 13.6. The largest absolute Gasteiger partial charge is 0.472 e. The molecule has 1 N–H and O–H groups in total. The molecule has 0 aliphatic rings. The van der Waals surface area contributed by atoms with Crippen LogP contribution in [0.25, 0.3) is 0 Å². The number of phosphoric ester groups is 1. The van der Waals surface area contributed by atoms with Crippen molar-refractivity contribution in [2.75, 3.05) is 47.5 Å². The molecule has 0 spiro atoms. The summed E-state index contributed by atoms with van der Waals surface area (Å²) in [4.78, 5) is 36.1. The smallest absolute Gasteiger partial charge is 0.462 e. The van der Waals surface area contributed by atoms with Gasteiger partial charge in [0.05, 0.1) is 27.7 Å². The van der Waals surface area contributed by atoms with Crippen molar-refractivity contribution in [2.24, 2.45) is 0 Å². The number of quaternary nitrogens is 1. The van der Waals surface area contributed by atoms with Crippen LogP contribution in [0.15, 0.2) is 97.2 Å². The van der Waals surface area contributed by atoms with Gasteiger partial charge in [-0.05, 0) is 96.3 Å². The molecule has 0 amide bonds. The van der Waals surface area contributed by atoms with Crippen molar-refractivity contribution in [1.29, 1.82) is 0 Å². The zero-order valence-corrected chi connectivity index (χ0v) is 71.8. The van der Waals surface area contributed by atoms with E-state index in [1.54, 1.807) is 0 Å². The monoisotopic (exact) mass is 1500 g/mol. The number of phosphoric acid groups is 1. The lowest BCUT2D eigenvalue weighted by atomic mass is 10.0. The van der Waals surface area contributed by atoms with Crippen molar-refractivity contribution in [1.82, 2.24) is 0 Å². The molecule has 0 radical (unpaired) electrons. The average Bonchev–Trinajstić information content (AvgIpc) is 0.908. The minimum Gasteiger partial charge on any atom is -0.462 e. The fraction of sp³-hybridized carbons (Fsp3) is 0.812. The third-order valence-corrected chi connectivity index (χ3v) is 21.6. The fourth-order valence-corrected chi connectivity index (χ4v) is 14.4. The van der Waals surface area contributed by atoms with E-state index in [-0.39, 0.29) is 25.6 Å². The second-order valence-corrected chi connectivity index (χ2v) is 33.8. The van der Waals surface area contributed by atoms with Crippen LogP contribution in [0.3, 0.4) is 0 Å².